The minimum absolute atomic E-state index is 0.212. The van der Waals surface area contributed by atoms with Crippen LogP contribution in [-0.2, 0) is 9.84 Å². The average molecular weight is 341 g/mol. The van der Waals surface area contributed by atoms with Gasteiger partial charge in [-0.25, -0.2) is 0 Å². The van der Waals surface area contributed by atoms with E-state index in [1.807, 2.05) is 24.3 Å². The first-order valence-electron chi connectivity index (χ1n) is 8.73. The lowest BCUT2D eigenvalue weighted by molar-refractivity contribution is 0.117. The van der Waals surface area contributed by atoms with Crippen molar-refractivity contribution in [3.05, 3.63) is 35.4 Å². The highest BCUT2D eigenvalue weighted by atomic mass is 28.4. The normalized spacial score (nSPS) is 24.9. The maximum atomic E-state index is 9.82. The molecular weight excluding hydrogens is 312 g/mol. The van der Waals surface area contributed by atoms with Crippen LogP contribution in [0.2, 0.25) is 18.1 Å². The average Bonchev–Trinajstić information content (AvgIpc) is 2.54. The van der Waals surface area contributed by atoms with Crippen molar-refractivity contribution in [3.8, 4) is 12.1 Å². The molecule has 0 saturated heterocycles. The van der Waals surface area contributed by atoms with E-state index in [0.717, 1.165) is 31.2 Å². The number of hydrogen-bond acceptors (Lipinski definition) is 3. The van der Waals surface area contributed by atoms with Gasteiger partial charge in [0.15, 0.2) is 8.32 Å². The highest BCUT2D eigenvalue weighted by Crippen LogP contribution is 2.43. The Labute approximate surface area is 147 Å². The van der Waals surface area contributed by atoms with Crippen LogP contribution in [0.15, 0.2) is 24.3 Å². The fourth-order valence-corrected chi connectivity index (χ4v) is 4.55. The Morgan fingerprint density at radius 2 is 1.62 bits per heavy atom. The Morgan fingerprint density at radius 3 is 2.04 bits per heavy atom. The summed E-state index contributed by atoms with van der Waals surface area (Å²) in [5.41, 5.74) is 1.25. The molecule has 1 aromatic rings. The van der Waals surface area contributed by atoms with E-state index in [4.69, 9.17) is 9.69 Å². The second kappa shape index (κ2) is 6.71. The molecular formula is C20H28N2OSi. The van der Waals surface area contributed by atoms with Crippen molar-refractivity contribution >= 4 is 8.32 Å². The molecule has 1 aromatic carbocycles. The Kier molecular flexibility index (Phi) is 5.23. The molecule has 1 aliphatic carbocycles. The third-order valence-electron chi connectivity index (χ3n) is 5.83. The van der Waals surface area contributed by atoms with Crippen molar-refractivity contribution < 1.29 is 4.43 Å². The fourth-order valence-electron chi connectivity index (χ4n) is 3.12. The summed E-state index contributed by atoms with van der Waals surface area (Å²) in [7, 11) is -1.76. The topological polar surface area (TPSA) is 56.8 Å². The summed E-state index contributed by atoms with van der Waals surface area (Å²) in [6.45, 7) is 11.4. The molecule has 24 heavy (non-hydrogen) atoms. The van der Waals surface area contributed by atoms with Crippen molar-refractivity contribution in [2.45, 2.75) is 76.1 Å². The van der Waals surface area contributed by atoms with Crippen LogP contribution in [0.5, 0.6) is 0 Å². The van der Waals surface area contributed by atoms with Crippen LogP contribution in [0.4, 0.5) is 0 Å². The molecule has 2 rings (SSSR count). The van der Waals surface area contributed by atoms with Crippen molar-refractivity contribution in [1.82, 2.24) is 0 Å². The van der Waals surface area contributed by atoms with E-state index in [1.165, 1.54) is 0 Å². The highest BCUT2D eigenvalue weighted by molar-refractivity contribution is 6.74. The smallest absolute Gasteiger partial charge is 0.192 e. The van der Waals surface area contributed by atoms with Gasteiger partial charge in [0.1, 0.15) is 0 Å². The third kappa shape index (κ3) is 3.72. The zero-order valence-electron chi connectivity index (χ0n) is 15.5. The van der Waals surface area contributed by atoms with Crippen LogP contribution >= 0.6 is 0 Å². The molecule has 0 radical (unpaired) electrons. The van der Waals surface area contributed by atoms with E-state index in [2.05, 4.69) is 46.0 Å². The van der Waals surface area contributed by atoms with Crippen LogP contribution in [-0.4, -0.2) is 14.4 Å². The van der Waals surface area contributed by atoms with Gasteiger partial charge in [0.25, 0.3) is 0 Å². The molecule has 0 heterocycles. The molecule has 0 unspecified atom stereocenters. The molecule has 0 spiro atoms. The maximum absolute atomic E-state index is 9.82. The molecule has 3 nitrogen and oxygen atoms in total. The van der Waals surface area contributed by atoms with E-state index in [9.17, 15) is 5.26 Å². The van der Waals surface area contributed by atoms with Crippen LogP contribution in [0.25, 0.3) is 0 Å². The third-order valence-corrected chi connectivity index (χ3v) is 10.4. The summed E-state index contributed by atoms with van der Waals surface area (Å²) in [5.74, 6) is 0. The number of nitrogens with zero attached hydrogens (tertiary/aromatic N) is 2. The van der Waals surface area contributed by atoms with E-state index >= 15 is 0 Å². The molecule has 0 aliphatic heterocycles. The monoisotopic (exact) mass is 340 g/mol. The standard InChI is InChI=1S/C20H28N2OSi/c1-19(2,3)24(4,5)23-18-10-12-20(15-22,13-11-18)17-8-6-16(14-21)7-9-17/h6-9,18H,10-13H2,1-5H3. The molecule has 0 amide bonds. The first kappa shape index (κ1) is 18.7. The van der Waals surface area contributed by atoms with Crippen molar-refractivity contribution in [2.75, 3.05) is 0 Å². The van der Waals surface area contributed by atoms with Gasteiger partial charge in [-0.15, -0.1) is 0 Å². The summed E-state index contributed by atoms with van der Waals surface area (Å²) in [6.07, 6.45) is 3.79. The van der Waals surface area contributed by atoms with Gasteiger partial charge in [-0.1, -0.05) is 32.9 Å². The van der Waals surface area contributed by atoms with Crippen LogP contribution in [0, 0.1) is 22.7 Å². The zero-order valence-corrected chi connectivity index (χ0v) is 16.5. The van der Waals surface area contributed by atoms with Crippen molar-refractivity contribution in [3.63, 3.8) is 0 Å². The molecule has 1 fully saturated rings. The fraction of sp³-hybridized carbons (Fsp3) is 0.600. The minimum atomic E-state index is -1.76. The lowest BCUT2D eigenvalue weighted by Crippen LogP contribution is -2.46. The largest absolute Gasteiger partial charge is 0.414 e. The molecule has 1 aliphatic rings. The number of nitriles is 2. The molecule has 0 aromatic heterocycles. The quantitative estimate of drug-likeness (QED) is 0.703. The first-order valence-corrected chi connectivity index (χ1v) is 11.6. The lowest BCUT2D eigenvalue weighted by Gasteiger charge is -2.43. The van der Waals surface area contributed by atoms with Gasteiger partial charge in [0.05, 0.1) is 23.1 Å². The maximum Gasteiger partial charge on any atom is 0.192 e. The van der Waals surface area contributed by atoms with Gasteiger partial charge < -0.3 is 4.43 Å². The zero-order chi connectivity index (χ0) is 18.0. The number of rotatable bonds is 3. The van der Waals surface area contributed by atoms with Crippen molar-refractivity contribution in [1.29, 1.82) is 10.5 Å². The van der Waals surface area contributed by atoms with Gasteiger partial charge >= 0.3 is 0 Å². The van der Waals surface area contributed by atoms with E-state index in [-0.39, 0.29) is 11.1 Å². The molecule has 128 valence electrons. The Hall–Kier alpha value is -1.62. The molecule has 1 saturated carbocycles. The SMILES string of the molecule is CC(C)(C)[Si](C)(C)OC1CCC(C#N)(c2ccc(C#N)cc2)CC1. The summed E-state index contributed by atoms with van der Waals surface area (Å²) in [6, 6.07) is 12.2. The van der Waals surface area contributed by atoms with Crippen molar-refractivity contribution in [2.24, 2.45) is 0 Å². The summed E-state index contributed by atoms with van der Waals surface area (Å²) in [4.78, 5) is 0. The molecule has 0 atom stereocenters. The molecule has 0 bridgehead atoms. The van der Waals surface area contributed by atoms with Gasteiger partial charge in [0.2, 0.25) is 0 Å². The van der Waals surface area contributed by atoms with E-state index in [1.54, 1.807) is 0 Å². The molecule has 4 heteroatoms. The Bertz CT molecular complexity index is 651. The van der Waals surface area contributed by atoms with E-state index < -0.39 is 13.7 Å². The summed E-state index contributed by atoms with van der Waals surface area (Å²) >= 11 is 0. The lowest BCUT2D eigenvalue weighted by atomic mass is 9.70. The summed E-state index contributed by atoms with van der Waals surface area (Å²) < 4.78 is 6.54. The second-order valence-electron chi connectivity index (χ2n) is 8.46. The Balaban J connectivity index is 2.09. The highest BCUT2D eigenvalue weighted by Gasteiger charge is 2.42. The number of benzene rings is 1. The van der Waals surface area contributed by atoms with Crippen LogP contribution in [0.1, 0.15) is 57.6 Å². The van der Waals surface area contributed by atoms with E-state index in [0.29, 0.717) is 5.56 Å². The predicted octanol–water partition coefficient (Wildman–Crippen LogP) is 5.28. The van der Waals surface area contributed by atoms with Gasteiger partial charge in [0, 0.05) is 6.10 Å². The first-order chi connectivity index (χ1) is 11.1. The van der Waals surface area contributed by atoms with Crippen LogP contribution in [0.3, 0.4) is 0 Å². The van der Waals surface area contributed by atoms with Gasteiger partial charge in [-0.05, 0) is 61.5 Å². The predicted molar refractivity (Wildman–Crippen MR) is 99.0 cm³/mol. The molecule has 0 N–H and O–H groups in total. The minimum Gasteiger partial charge on any atom is -0.414 e. The van der Waals surface area contributed by atoms with Gasteiger partial charge in [-0.2, -0.15) is 10.5 Å². The summed E-state index contributed by atoms with van der Waals surface area (Å²) in [5, 5.41) is 19.0. The second-order valence-corrected chi connectivity index (χ2v) is 13.2. The van der Waals surface area contributed by atoms with Crippen LogP contribution < -0.4 is 0 Å². The van der Waals surface area contributed by atoms with Gasteiger partial charge in [-0.3, -0.25) is 0 Å². The number of hydrogen-bond donors (Lipinski definition) is 0. The Morgan fingerprint density at radius 1 is 1.08 bits per heavy atom.